The molecule has 2 rings (SSSR count). The smallest absolute Gasteiger partial charge is 0.310 e. The van der Waals surface area contributed by atoms with Crippen LogP contribution in [0, 0.1) is 6.92 Å². The maximum absolute atomic E-state index is 11.7. The van der Waals surface area contributed by atoms with Gasteiger partial charge in [0.2, 0.25) is 0 Å². The third-order valence-corrected chi connectivity index (χ3v) is 3.16. The molecule has 1 aromatic heterocycles. The van der Waals surface area contributed by atoms with Crippen molar-refractivity contribution in [3.05, 3.63) is 29.6 Å². The molecule has 0 spiro atoms. The first kappa shape index (κ1) is 13.0. The van der Waals surface area contributed by atoms with Crippen molar-refractivity contribution >= 4 is 5.97 Å². The molecule has 1 aliphatic rings. The van der Waals surface area contributed by atoms with Crippen LogP contribution in [0.3, 0.4) is 0 Å². The molecule has 1 atom stereocenters. The van der Waals surface area contributed by atoms with Gasteiger partial charge in [-0.2, -0.15) is 0 Å². The van der Waals surface area contributed by atoms with Crippen LogP contribution in [-0.2, 0) is 20.7 Å². The predicted octanol–water partition coefficient (Wildman–Crippen LogP) is 2.04. The molecule has 0 saturated carbocycles. The molecule has 4 heteroatoms. The number of carbonyl (C=O) groups excluding carboxylic acids is 1. The number of rotatable bonds is 4. The molecule has 0 amide bonds. The second-order valence-corrected chi connectivity index (χ2v) is 5.05. The summed E-state index contributed by atoms with van der Waals surface area (Å²) < 4.78 is 10.8. The van der Waals surface area contributed by atoms with Crippen molar-refractivity contribution in [2.24, 2.45) is 0 Å². The molecule has 0 aliphatic carbocycles. The third kappa shape index (κ3) is 3.53. The van der Waals surface area contributed by atoms with Gasteiger partial charge < -0.3 is 9.47 Å². The lowest BCUT2D eigenvalue weighted by atomic mass is 10.0. The topological polar surface area (TPSA) is 48.4 Å². The molecule has 0 bridgehead atoms. The SMILES string of the molecule is Cc1ccc(CC(=O)OC[C@]2(C)CCCO2)cn1. The molecule has 0 radical (unpaired) electrons. The Morgan fingerprint density at radius 3 is 3.00 bits per heavy atom. The summed E-state index contributed by atoms with van der Waals surface area (Å²) in [4.78, 5) is 15.8. The van der Waals surface area contributed by atoms with Gasteiger partial charge in [0, 0.05) is 18.5 Å². The van der Waals surface area contributed by atoms with E-state index in [1.807, 2.05) is 26.0 Å². The number of hydrogen-bond acceptors (Lipinski definition) is 4. The zero-order valence-electron chi connectivity index (χ0n) is 10.9. The van der Waals surface area contributed by atoms with Crippen molar-refractivity contribution in [2.45, 2.75) is 38.7 Å². The number of ether oxygens (including phenoxy) is 2. The molecule has 4 nitrogen and oxygen atoms in total. The molecule has 1 aliphatic heterocycles. The van der Waals surface area contributed by atoms with E-state index in [-0.39, 0.29) is 18.0 Å². The fraction of sp³-hybridized carbons (Fsp3) is 0.571. The van der Waals surface area contributed by atoms with Crippen LogP contribution in [0.25, 0.3) is 0 Å². The van der Waals surface area contributed by atoms with Gasteiger partial charge in [0.15, 0.2) is 0 Å². The summed E-state index contributed by atoms with van der Waals surface area (Å²) in [5.74, 6) is -0.225. The Balaban J connectivity index is 1.80. The van der Waals surface area contributed by atoms with Gasteiger partial charge in [-0.3, -0.25) is 9.78 Å². The van der Waals surface area contributed by atoms with Crippen molar-refractivity contribution in [2.75, 3.05) is 13.2 Å². The first-order valence-corrected chi connectivity index (χ1v) is 6.29. The van der Waals surface area contributed by atoms with E-state index >= 15 is 0 Å². The van der Waals surface area contributed by atoms with Gasteiger partial charge in [0.1, 0.15) is 6.61 Å². The summed E-state index contributed by atoms with van der Waals surface area (Å²) in [5.41, 5.74) is 1.53. The van der Waals surface area contributed by atoms with Crippen molar-refractivity contribution < 1.29 is 14.3 Å². The normalized spacial score (nSPS) is 23.0. The Bertz CT molecular complexity index is 408. The van der Waals surface area contributed by atoms with Crippen LogP contribution in [0.1, 0.15) is 31.0 Å². The highest BCUT2D eigenvalue weighted by Crippen LogP contribution is 2.25. The predicted molar refractivity (Wildman–Crippen MR) is 67.2 cm³/mol. The average molecular weight is 249 g/mol. The van der Waals surface area contributed by atoms with Crippen molar-refractivity contribution in [3.8, 4) is 0 Å². The molecular weight excluding hydrogens is 230 g/mol. The summed E-state index contributed by atoms with van der Waals surface area (Å²) in [6, 6.07) is 3.79. The number of nitrogens with zero attached hydrogens (tertiary/aromatic N) is 1. The number of carbonyl (C=O) groups is 1. The molecule has 2 heterocycles. The fourth-order valence-corrected chi connectivity index (χ4v) is 2.00. The zero-order chi connectivity index (χ0) is 13.0. The summed E-state index contributed by atoms with van der Waals surface area (Å²) >= 11 is 0. The van der Waals surface area contributed by atoms with E-state index in [0.717, 1.165) is 30.7 Å². The van der Waals surface area contributed by atoms with Crippen LogP contribution in [-0.4, -0.2) is 29.8 Å². The first-order chi connectivity index (χ1) is 8.57. The van der Waals surface area contributed by atoms with Crippen molar-refractivity contribution in [1.29, 1.82) is 0 Å². The van der Waals surface area contributed by atoms with E-state index in [9.17, 15) is 4.79 Å². The summed E-state index contributed by atoms with van der Waals surface area (Å²) in [6.45, 7) is 5.00. The van der Waals surface area contributed by atoms with E-state index in [1.54, 1.807) is 6.20 Å². The Morgan fingerprint density at radius 1 is 1.56 bits per heavy atom. The molecule has 1 saturated heterocycles. The lowest BCUT2D eigenvalue weighted by molar-refractivity contribution is -0.150. The van der Waals surface area contributed by atoms with Crippen LogP contribution >= 0.6 is 0 Å². The molecular formula is C14H19NO3. The number of pyridine rings is 1. The van der Waals surface area contributed by atoms with E-state index in [4.69, 9.17) is 9.47 Å². The molecule has 0 unspecified atom stereocenters. The van der Waals surface area contributed by atoms with Gasteiger partial charge >= 0.3 is 5.97 Å². The van der Waals surface area contributed by atoms with Crippen LogP contribution in [0.4, 0.5) is 0 Å². The summed E-state index contributed by atoms with van der Waals surface area (Å²) in [7, 11) is 0. The van der Waals surface area contributed by atoms with Crippen molar-refractivity contribution in [3.63, 3.8) is 0 Å². The van der Waals surface area contributed by atoms with Crippen LogP contribution in [0.2, 0.25) is 0 Å². The Morgan fingerprint density at radius 2 is 2.39 bits per heavy atom. The lowest BCUT2D eigenvalue weighted by Gasteiger charge is -2.22. The van der Waals surface area contributed by atoms with E-state index < -0.39 is 0 Å². The van der Waals surface area contributed by atoms with E-state index in [1.165, 1.54) is 0 Å². The minimum Gasteiger partial charge on any atom is -0.462 e. The second-order valence-electron chi connectivity index (χ2n) is 5.05. The minimum atomic E-state index is -0.290. The molecule has 98 valence electrons. The largest absolute Gasteiger partial charge is 0.462 e. The third-order valence-electron chi connectivity index (χ3n) is 3.16. The highest BCUT2D eigenvalue weighted by atomic mass is 16.6. The van der Waals surface area contributed by atoms with Crippen molar-refractivity contribution in [1.82, 2.24) is 4.98 Å². The highest BCUT2D eigenvalue weighted by Gasteiger charge is 2.31. The zero-order valence-corrected chi connectivity index (χ0v) is 10.9. The Labute approximate surface area is 107 Å². The van der Waals surface area contributed by atoms with Gasteiger partial charge in [-0.25, -0.2) is 0 Å². The number of hydrogen-bond donors (Lipinski definition) is 0. The quantitative estimate of drug-likeness (QED) is 0.766. The molecule has 0 N–H and O–H groups in total. The number of aromatic nitrogens is 1. The second kappa shape index (κ2) is 5.48. The molecule has 1 aromatic rings. The van der Waals surface area contributed by atoms with E-state index in [2.05, 4.69) is 4.98 Å². The molecule has 0 aromatic carbocycles. The maximum Gasteiger partial charge on any atom is 0.310 e. The minimum absolute atomic E-state index is 0.225. The van der Waals surface area contributed by atoms with Gasteiger partial charge in [-0.15, -0.1) is 0 Å². The Hall–Kier alpha value is -1.42. The highest BCUT2D eigenvalue weighted by molar-refractivity contribution is 5.72. The first-order valence-electron chi connectivity index (χ1n) is 6.29. The van der Waals surface area contributed by atoms with Crippen LogP contribution in [0.15, 0.2) is 18.3 Å². The number of aryl methyl sites for hydroxylation is 1. The average Bonchev–Trinajstić information content (AvgIpc) is 2.78. The van der Waals surface area contributed by atoms with Gasteiger partial charge in [0.05, 0.1) is 12.0 Å². The molecule has 18 heavy (non-hydrogen) atoms. The van der Waals surface area contributed by atoms with Crippen LogP contribution in [0.5, 0.6) is 0 Å². The van der Waals surface area contributed by atoms with E-state index in [0.29, 0.717) is 6.61 Å². The lowest BCUT2D eigenvalue weighted by Crippen LogP contribution is -2.31. The molecule has 1 fully saturated rings. The Kier molecular flexibility index (Phi) is 3.97. The number of esters is 1. The monoisotopic (exact) mass is 249 g/mol. The van der Waals surface area contributed by atoms with Crippen LogP contribution < -0.4 is 0 Å². The maximum atomic E-state index is 11.7. The summed E-state index contributed by atoms with van der Waals surface area (Å²) in [5, 5.41) is 0. The summed E-state index contributed by atoms with van der Waals surface area (Å²) in [6.07, 6.45) is 3.97. The van der Waals surface area contributed by atoms with Gasteiger partial charge in [0.25, 0.3) is 0 Å². The van der Waals surface area contributed by atoms with Gasteiger partial charge in [-0.05, 0) is 38.3 Å². The fourth-order valence-electron chi connectivity index (χ4n) is 2.00. The standard InChI is InChI=1S/C14H19NO3/c1-11-4-5-12(9-15-11)8-13(16)17-10-14(2)6-3-7-18-14/h4-5,9H,3,6-8,10H2,1-2H3/t14-/m0/s1. The van der Waals surface area contributed by atoms with Gasteiger partial charge in [-0.1, -0.05) is 6.07 Å².